The number of benzene rings is 1. The molecule has 1 aromatic rings. The van der Waals surface area contributed by atoms with Crippen molar-refractivity contribution in [2.24, 2.45) is 0 Å². The van der Waals surface area contributed by atoms with Gasteiger partial charge in [0.1, 0.15) is 5.75 Å². The number of carbonyl (C=O) groups excluding carboxylic acids is 1. The number of methoxy groups -OCH3 is 1. The second-order valence-electron chi connectivity index (χ2n) is 4.18. The Morgan fingerprint density at radius 2 is 2.28 bits per heavy atom. The highest BCUT2D eigenvalue weighted by Gasteiger charge is 2.24. The van der Waals surface area contributed by atoms with Crippen molar-refractivity contribution < 1.29 is 19.4 Å². The molecule has 1 atom stereocenters. The summed E-state index contributed by atoms with van der Waals surface area (Å²) in [4.78, 5) is 13.6. The number of fused-ring (bicyclic) bond motifs is 1. The molecule has 0 bridgehead atoms. The lowest BCUT2D eigenvalue weighted by atomic mass is 10.2. The van der Waals surface area contributed by atoms with E-state index in [1.54, 1.807) is 4.90 Å². The monoisotopic (exact) mass is 251 g/mol. The van der Waals surface area contributed by atoms with Crippen molar-refractivity contribution >= 4 is 11.6 Å². The lowest BCUT2D eigenvalue weighted by Gasteiger charge is -2.24. The highest BCUT2D eigenvalue weighted by Crippen LogP contribution is 2.30. The van der Waals surface area contributed by atoms with Crippen LogP contribution in [0.15, 0.2) is 24.3 Å². The van der Waals surface area contributed by atoms with Gasteiger partial charge in [-0.2, -0.15) is 0 Å². The molecular formula is C13H17NO4. The summed E-state index contributed by atoms with van der Waals surface area (Å²) in [6, 6.07) is 7.34. The van der Waals surface area contributed by atoms with E-state index in [0.29, 0.717) is 24.5 Å². The molecule has 1 aliphatic heterocycles. The Labute approximate surface area is 106 Å². The molecule has 0 spiro atoms. The summed E-state index contributed by atoms with van der Waals surface area (Å²) in [5.41, 5.74) is 0.704. The first-order valence-corrected chi connectivity index (χ1v) is 5.91. The summed E-state index contributed by atoms with van der Waals surface area (Å²) in [5, 5.41) is 9.78. The molecule has 0 radical (unpaired) electrons. The van der Waals surface area contributed by atoms with Crippen LogP contribution in [0.3, 0.4) is 0 Å². The Morgan fingerprint density at radius 3 is 3.06 bits per heavy atom. The van der Waals surface area contributed by atoms with Gasteiger partial charge in [0, 0.05) is 7.11 Å². The predicted octanol–water partition coefficient (Wildman–Crippen LogP) is 0.809. The standard InChI is InChI=1S/C13H17NO4/c1-17-9-10(15)8-14-11-4-2-3-5-12(11)18-7-6-13(14)16/h2-5,10,15H,6-9H2,1H3. The van der Waals surface area contributed by atoms with Crippen molar-refractivity contribution in [2.75, 3.05) is 31.8 Å². The molecular weight excluding hydrogens is 234 g/mol. The van der Waals surface area contributed by atoms with Crippen LogP contribution in [0.25, 0.3) is 0 Å². The van der Waals surface area contributed by atoms with Gasteiger partial charge < -0.3 is 19.5 Å². The maximum absolute atomic E-state index is 12.0. The third-order valence-corrected chi connectivity index (χ3v) is 2.78. The Balaban J connectivity index is 2.22. The van der Waals surface area contributed by atoms with Gasteiger partial charge in [-0.25, -0.2) is 0 Å². The van der Waals surface area contributed by atoms with E-state index in [1.165, 1.54) is 7.11 Å². The smallest absolute Gasteiger partial charge is 0.230 e. The van der Waals surface area contributed by atoms with E-state index in [9.17, 15) is 9.90 Å². The van der Waals surface area contributed by atoms with Crippen molar-refractivity contribution in [1.29, 1.82) is 0 Å². The summed E-state index contributed by atoms with van der Waals surface area (Å²) < 4.78 is 10.4. The van der Waals surface area contributed by atoms with E-state index in [1.807, 2.05) is 24.3 Å². The van der Waals surface area contributed by atoms with Gasteiger partial charge in [-0.3, -0.25) is 4.79 Å². The molecule has 2 rings (SSSR count). The van der Waals surface area contributed by atoms with Gasteiger partial charge >= 0.3 is 0 Å². The summed E-state index contributed by atoms with van der Waals surface area (Å²) in [6.07, 6.45) is -0.390. The van der Waals surface area contributed by atoms with Crippen molar-refractivity contribution in [3.05, 3.63) is 24.3 Å². The molecule has 1 aliphatic rings. The first kappa shape index (κ1) is 12.9. The number of ether oxygens (including phenoxy) is 2. The summed E-state index contributed by atoms with van der Waals surface area (Å²) in [6.45, 7) is 0.784. The van der Waals surface area contributed by atoms with E-state index in [0.717, 1.165) is 0 Å². The Kier molecular flexibility index (Phi) is 4.17. The molecule has 0 fully saturated rings. The fourth-order valence-corrected chi connectivity index (χ4v) is 1.98. The van der Waals surface area contributed by atoms with Gasteiger partial charge in [0.25, 0.3) is 0 Å². The maximum atomic E-state index is 12.0. The van der Waals surface area contributed by atoms with Crippen LogP contribution in [-0.4, -0.2) is 44.0 Å². The molecule has 5 nitrogen and oxygen atoms in total. The van der Waals surface area contributed by atoms with Crippen LogP contribution < -0.4 is 9.64 Å². The first-order valence-electron chi connectivity index (χ1n) is 5.91. The number of aliphatic hydroxyl groups excluding tert-OH is 1. The van der Waals surface area contributed by atoms with Crippen LogP contribution in [0.2, 0.25) is 0 Å². The van der Waals surface area contributed by atoms with Gasteiger partial charge in [0.05, 0.1) is 38.0 Å². The molecule has 1 heterocycles. The minimum atomic E-state index is -0.704. The normalized spacial score (nSPS) is 16.8. The van der Waals surface area contributed by atoms with Crippen LogP contribution in [-0.2, 0) is 9.53 Å². The van der Waals surface area contributed by atoms with Gasteiger partial charge in [-0.15, -0.1) is 0 Å². The minimum absolute atomic E-state index is 0.0462. The van der Waals surface area contributed by atoms with E-state index in [2.05, 4.69) is 0 Å². The number of nitrogens with zero attached hydrogens (tertiary/aromatic N) is 1. The van der Waals surface area contributed by atoms with Gasteiger partial charge in [0.15, 0.2) is 0 Å². The molecule has 1 aromatic carbocycles. The van der Waals surface area contributed by atoms with Crippen LogP contribution in [0.1, 0.15) is 6.42 Å². The molecule has 1 amide bonds. The van der Waals surface area contributed by atoms with E-state index < -0.39 is 6.10 Å². The second kappa shape index (κ2) is 5.84. The van der Waals surface area contributed by atoms with Crippen LogP contribution in [0.5, 0.6) is 5.75 Å². The number of amides is 1. The second-order valence-corrected chi connectivity index (χ2v) is 4.18. The SMILES string of the molecule is COCC(O)CN1C(=O)CCOc2ccccc21. The summed E-state index contributed by atoms with van der Waals surface area (Å²) >= 11 is 0. The Bertz CT molecular complexity index is 421. The highest BCUT2D eigenvalue weighted by molar-refractivity contribution is 5.95. The number of anilines is 1. The summed E-state index contributed by atoms with van der Waals surface area (Å²) in [5.74, 6) is 0.628. The Morgan fingerprint density at radius 1 is 1.50 bits per heavy atom. The van der Waals surface area contributed by atoms with Gasteiger partial charge in [0.2, 0.25) is 5.91 Å². The van der Waals surface area contributed by atoms with Crippen LogP contribution >= 0.6 is 0 Å². The molecule has 0 aromatic heterocycles. The molecule has 0 saturated carbocycles. The number of hydrogen-bond acceptors (Lipinski definition) is 4. The zero-order chi connectivity index (χ0) is 13.0. The third-order valence-electron chi connectivity index (χ3n) is 2.78. The zero-order valence-electron chi connectivity index (χ0n) is 10.3. The van der Waals surface area contributed by atoms with E-state index in [4.69, 9.17) is 9.47 Å². The van der Waals surface area contributed by atoms with Crippen LogP contribution in [0.4, 0.5) is 5.69 Å². The Hall–Kier alpha value is -1.59. The molecule has 0 aliphatic carbocycles. The number of β-amino-alcohol motifs (C(OH)–C–C–N with tert-alkyl or cyclic N) is 1. The molecule has 1 N–H and O–H groups in total. The van der Waals surface area contributed by atoms with Crippen molar-refractivity contribution in [3.63, 3.8) is 0 Å². The minimum Gasteiger partial charge on any atom is -0.491 e. The fraction of sp³-hybridized carbons (Fsp3) is 0.462. The maximum Gasteiger partial charge on any atom is 0.230 e. The number of aliphatic hydroxyl groups is 1. The third kappa shape index (κ3) is 2.80. The lowest BCUT2D eigenvalue weighted by molar-refractivity contribution is -0.119. The topological polar surface area (TPSA) is 59.0 Å². The van der Waals surface area contributed by atoms with Crippen molar-refractivity contribution in [2.45, 2.75) is 12.5 Å². The first-order chi connectivity index (χ1) is 8.72. The fourth-order valence-electron chi connectivity index (χ4n) is 1.98. The predicted molar refractivity (Wildman–Crippen MR) is 66.8 cm³/mol. The average molecular weight is 251 g/mol. The van der Waals surface area contributed by atoms with E-state index in [-0.39, 0.29) is 19.1 Å². The largest absolute Gasteiger partial charge is 0.491 e. The number of rotatable bonds is 4. The van der Waals surface area contributed by atoms with Crippen LogP contribution in [0, 0.1) is 0 Å². The lowest BCUT2D eigenvalue weighted by Crippen LogP contribution is -2.38. The molecule has 1 unspecified atom stereocenters. The van der Waals surface area contributed by atoms with E-state index >= 15 is 0 Å². The number of hydrogen-bond donors (Lipinski definition) is 1. The van der Waals surface area contributed by atoms with Gasteiger partial charge in [-0.05, 0) is 12.1 Å². The zero-order valence-corrected chi connectivity index (χ0v) is 10.3. The molecule has 98 valence electrons. The van der Waals surface area contributed by atoms with Crippen molar-refractivity contribution in [1.82, 2.24) is 0 Å². The molecule has 5 heteroatoms. The number of carbonyl (C=O) groups is 1. The number of para-hydroxylation sites is 2. The summed E-state index contributed by atoms with van der Waals surface area (Å²) in [7, 11) is 1.52. The van der Waals surface area contributed by atoms with Crippen molar-refractivity contribution in [3.8, 4) is 5.75 Å². The molecule has 0 saturated heterocycles. The average Bonchev–Trinajstić information content (AvgIpc) is 2.51. The highest BCUT2D eigenvalue weighted by atomic mass is 16.5. The quantitative estimate of drug-likeness (QED) is 0.860. The van der Waals surface area contributed by atoms with Gasteiger partial charge in [-0.1, -0.05) is 12.1 Å². The molecule has 18 heavy (non-hydrogen) atoms.